The zero-order valence-electron chi connectivity index (χ0n) is 14.7. The number of aromatic hydroxyl groups is 1. The molecule has 0 fully saturated rings. The minimum Gasteiger partial charge on any atom is -0.508 e. The molecular formula is C23H23NO2. The molecule has 132 valence electrons. The Morgan fingerprint density at radius 3 is 1.69 bits per heavy atom. The maximum atomic E-state index is 11.9. The first-order valence-electron chi connectivity index (χ1n) is 8.79. The van der Waals surface area contributed by atoms with Gasteiger partial charge in [-0.25, -0.2) is 0 Å². The van der Waals surface area contributed by atoms with E-state index in [2.05, 4.69) is 29.2 Å². The maximum absolute atomic E-state index is 11.9. The molecule has 0 amide bonds. The summed E-state index contributed by atoms with van der Waals surface area (Å²) in [5.74, 6) is 0.238. The SMILES string of the molecule is O=C[C@H](Cc1ccc(O)cc1)N(Cc1ccccc1)Cc1ccccc1. The van der Waals surface area contributed by atoms with Gasteiger partial charge < -0.3 is 9.90 Å². The fraction of sp³-hybridized carbons (Fsp3) is 0.174. The number of rotatable bonds is 8. The molecule has 1 atom stereocenters. The van der Waals surface area contributed by atoms with Crippen molar-refractivity contribution in [2.75, 3.05) is 0 Å². The van der Waals surface area contributed by atoms with Crippen LogP contribution in [0.2, 0.25) is 0 Å². The Labute approximate surface area is 154 Å². The van der Waals surface area contributed by atoms with E-state index in [0.29, 0.717) is 19.5 Å². The summed E-state index contributed by atoms with van der Waals surface area (Å²) in [6, 6.07) is 27.2. The third-order valence-electron chi connectivity index (χ3n) is 4.46. The summed E-state index contributed by atoms with van der Waals surface area (Å²) in [6.45, 7) is 1.41. The van der Waals surface area contributed by atoms with Gasteiger partial charge in [0.15, 0.2) is 0 Å². The molecule has 0 aromatic heterocycles. The molecule has 0 aliphatic rings. The lowest BCUT2D eigenvalue weighted by atomic mass is 10.0. The molecule has 26 heavy (non-hydrogen) atoms. The first kappa shape index (κ1) is 17.9. The number of carbonyl (C=O) groups excluding carboxylic acids is 1. The normalized spacial score (nSPS) is 12.0. The number of aldehydes is 1. The van der Waals surface area contributed by atoms with Crippen LogP contribution in [0.15, 0.2) is 84.9 Å². The standard InChI is InChI=1S/C23H23NO2/c25-18-22(15-19-11-13-23(26)14-12-19)24(16-20-7-3-1-4-8-20)17-21-9-5-2-6-10-21/h1-14,18,22,26H,15-17H2/t22-/m0/s1. The van der Waals surface area contributed by atoms with Crippen LogP contribution < -0.4 is 0 Å². The van der Waals surface area contributed by atoms with Gasteiger partial charge in [0, 0.05) is 13.1 Å². The predicted molar refractivity (Wildman–Crippen MR) is 104 cm³/mol. The van der Waals surface area contributed by atoms with Crippen LogP contribution in [0.1, 0.15) is 16.7 Å². The number of hydrogen-bond donors (Lipinski definition) is 1. The number of benzene rings is 3. The van der Waals surface area contributed by atoms with Crippen LogP contribution in [0.5, 0.6) is 5.75 Å². The molecule has 0 bridgehead atoms. The number of phenolic OH excluding ortho intramolecular Hbond substituents is 1. The van der Waals surface area contributed by atoms with Crippen molar-refractivity contribution in [3.05, 3.63) is 102 Å². The topological polar surface area (TPSA) is 40.5 Å². The molecule has 0 saturated heterocycles. The average Bonchev–Trinajstić information content (AvgIpc) is 2.69. The Bertz CT molecular complexity index is 759. The first-order chi connectivity index (χ1) is 12.7. The van der Waals surface area contributed by atoms with Crippen molar-refractivity contribution in [1.82, 2.24) is 4.90 Å². The average molecular weight is 345 g/mol. The second-order valence-corrected chi connectivity index (χ2v) is 6.45. The monoisotopic (exact) mass is 345 g/mol. The summed E-state index contributed by atoms with van der Waals surface area (Å²) in [4.78, 5) is 14.1. The van der Waals surface area contributed by atoms with Crippen LogP contribution >= 0.6 is 0 Å². The summed E-state index contributed by atoms with van der Waals surface area (Å²) < 4.78 is 0. The van der Waals surface area contributed by atoms with Gasteiger partial charge in [0.1, 0.15) is 12.0 Å². The lowest BCUT2D eigenvalue weighted by Gasteiger charge is -2.28. The highest BCUT2D eigenvalue weighted by molar-refractivity contribution is 5.58. The van der Waals surface area contributed by atoms with Gasteiger partial charge >= 0.3 is 0 Å². The maximum Gasteiger partial charge on any atom is 0.137 e. The Kier molecular flexibility index (Phi) is 6.18. The molecule has 0 unspecified atom stereocenters. The van der Waals surface area contributed by atoms with E-state index >= 15 is 0 Å². The van der Waals surface area contributed by atoms with E-state index in [1.807, 2.05) is 48.5 Å². The minimum absolute atomic E-state index is 0.236. The minimum atomic E-state index is -0.236. The Morgan fingerprint density at radius 1 is 0.731 bits per heavy atom. The van der Waals surface area contributed by atoms with Crippen LogP contribution in [-0.2, 0) is 24.3 Å². The van der Waals surface area contributed by atoms with Crippen LogP contribution in [0.4, 0.5) is 0 Å². The molecule has 0 heterocycles. The number of phenols is 1. The van der Waals surface area contributed by atoms with Crippen molar-refractivity contribution in [2.45, 2.75) is 25.6 Å². The summed E-state index contributed by atoms with van der Waals surface area (Å²) in [5.41, 5.74) is 3.40. The van der Waals surface area contributed by atoms with Crippen LogP contribution in [0, 0.1) is 0 Å². The van der Waals surface area contributed by atoms with Crippen LogP contribution in [0.3, 0.4) is 0 Å². The molecular weight excluding hydrogens is 322 g/mol. The van der Waals surface area contributed by atoms with Gasteiger partial charge in [-0.2, -0.15) is 0 Å². The second-order valence-electron chi connectivity index (χ2n) is 6.45. The van der Waals surface area contributed by atoms with E-state index in [1.165, 1.54) is 11.1 Å². The zero-order valence-corrected chi connectivity index (χ0v) is 14.7. The third-order valence-corrected chi connectivity index (χ3v) is 4.46. The van der Waals surface area contributed by atoms with Crippen molar-refractivity contribution >= 4 is 6.29 Å². The number of hydrogen-bond acceptors (Lipinski definition) is 3. The van der Waals surface area contributed by atoms with E-state index in [0.717, 1.165) is 11.8 Å². The number of nitrogens with zero attached hydrogens (tertiary/aromatic N) is 1. The van der Waals surface area contributed by atoms with Crippen molar-refractivity contribution < 1.29 is 9.90 Å². The van der Waals surface area contributed by atoms with Gasteiger partial charge in [0.25, 0.3) is 0 Å². The highest BCUT2D eigenvalue weighted by atomic mass is 16.3. The third kappa shape index (κ3) is 5.04. The molecule has 3 rings (SSSR count). The lowest BCUT2D eigenvalue weighted by Crippen LogP contribution is -2.37. The summed E-state index contributed by atoms with van der Waals surface area (Å²) in [6.07, 6.45) is 1.64. The Balaban J connectivity index is 1.81. The van der Waals surface area contributed by atoms with E-state index in [4.69, 9.17) is 0 Å². The predicted octanol–water partition coefficient (Wildman–Crippen LogP) is 4.20. The fourth-order valence-electron chi connectivity index (χ4n) is 3.06. The van der Waals surface area contributed by atoms with E-state index in [-0.39, 0.29) is 11.8 Å². The second kappa shape index (κ2) is 8.97. The molecule has 3 aromatic rings. The molecule has 1 N–H and O–H groups in total. The van der Waals surface area contributed by atoms with Crippen LogP contribution in [-0.4, -0.2) is 22.3 Å². The first-order valence-corrected chi connectivity index (χ1v) is 8.79. The van der Waals surface area contributed by atoms with E-state index < -0.39 is 0 Å². The Hall–Kier alpha value is -2.91. The smallest absolute Gasteiger partial charge is 0.137 e. The van der Waals surface area contributed by atoms with Gasteiger partial charge in [0.05, 0.1) is 6.04 Å². The van der Waals surface area contributed by atoms with E-state index in [1.54, 1.807) is 12.1 Å². The molecule has 3 heteroatoms. The van der Waals surface area contributed by atoms with Gasteiger partial charge in [-0.15, -0.1) is 0 Å². The zero-order chi connectivity index (χ0) is 18.2. The van der Waals surface area contributed by atoms with Crippen molar-refractivity contribution in [3.63, 3.8) is 0 Å². The van der Waals surface area contributed by atoms with Crippen molar-refractivity contribution in [3.8, 4) is 5.75 Å². The van der Waals surface area contributed by atoms with Crippen LogP contribution in [0.25, 0.3) is 0 Å². The summed E-state index contributed by atoms with van der Waals surface area (Å²) in [5, 5.41) is 9.47. The summed E-state index contributed by atoms with van der Waals surface area (Å²) in [7, 11) is 0. The van der Waals surface area contributed by atoms with Gasteiger partial charge in [-0.3, -0.25) is 4.90 Å². The molecule has 0 spiro atoms. The molecule has 0 saturated carbocycles. The Morgan fingerprint density at radius 2 is 1.23 bits per heavy atom. The molecule has 3 aromatic carbocycles. The number of carbonyl (C=O) groups is 1. The lowest BCUT2D eigenvalue weighted by molar-refractivity contribution is -0.112. The quantitative estimate of drug-likeness (QED) is 0.622. The highest BCUT2D eigenvalue weighted by Crippen LogP contribution is 2.17. The highest BCUT2D eigenvalue weighted by Gasteiger charge is 2.19. The van der Waals surface area contributed by atoms with Gasteiger partial charge in [-0.05, 0) is 35.2 Å². The molecule has 0 radical (unpaired) electrons. The fourth-order valence-corrected chi connectivity index (χ4v) is 3.06. The molecule has 3 nitrogen and oxygen atoms in total. The van der Waals surface area contributed by atoms with E-state index in [9.17, 15) is 9.90 Å². The molecule has 0 aliphatic carbocycles. The largest absolute Gasteiger partial charge is 0.508 e. The van der Waals surface area contributed by atoms with Crippen molar-refractivity contribution in [2.24, 2.45) is 0 Å². The van der Waals surface area contributed by atoms with Gasteiger partial charge in [0.2, 0.25) is 0 Å². The van der Waals surface area contributed by atoms with Crippen molar-refractivity contribution in [1.29, 1.82) is 0 Å². The van der Waals surface area contributed by atoms with Gasteiger partial charge in [-0.1, -0.05) is 72.8 Å². The summed E-state index contributed by atoms with van der Waals surface area (Å²) >= 11 is 0. The molecule has 0 aliphatic heterocycles.